The molecule has 0 bridgehead atoms. The smallest absolute Gasteiger partial charge is 0.318 e. The quantitative estimate of drug-likeness (QED) is 0.200. The third kappa shape index (κ3) is 7.03. The Labute approximate surface area is 263 Å². The summed E-state index contributed by atoms with van der Waals surface area (Å²) in [5.41, 5.74) is 5.60. The fourth-order valence-corrected chi connectivity index (χ4v) is 6.48. The van der Waals surface area contributed by atoms with Gasteiger partial charge in [-0.2, -0.15) is 0 Å². The van der Waals surface area contributed by atoms with Crippen molar-refractivity contribution in [2.75, 3.05) is 56.7 Å². The van der Waals surface area contributed by atoms with Gasteiger partial charge in [-0.05, 0) is 80.4 Å². The molecular weight excluding hydrogens is 575 g/mol. The number of hydrogen-bond donors (Lipinski definition) is 3. The van der Waals surface area contributed by atoms with Gasteiger partial charge in [-0.1, -0.05) is 31.2 Å². The number of para-hydroxylation sites is 1. The molecular formula is C34H41FN6O2S. The first kappa shape index (κ1) is 31.4. The Kier molecular flexibility index (Phi) is 9.80. The summed E-state index contributed by atoms with van der Waals surface area (Å²) in [6, 6.07) is 17.8. The third-order valence-electron chi connectivity index (χ3n) is 8.26. The number of fused-ring (bicyclic) bond motifs is 1. The van der Waals surface area contributed by atoms with E-state index in [2.05, 4.69) is 31.5 Å². The van der Waals surface area contributed by atoms with Crippen LogP contribution in [0.3, 0.4) is 0 Å². The molecule has 5 rings (SSSR count). The Morgan fingerprint density at radius 2 is 1.80 bits per heavy atom. The molecule has 1 aromatic heterocycles. The Balaban J connectivity index is 1.37. The largest absolute Gasteiger partial charge is 0.368 e. The van der Waals surface area contributed by atoms with Crippen LogP contribution in [0.25, 0.3) is 10.9 Å². The zero-order valence-electron chi connectivity index (χ0n) is 26.0. The van der Waals surface area contributed by atoms with Gasteiger partial charge in [-0.3, -0.25) is 4.79 Å². The number of carbonyl (C=O) groups is 2. The summed E-state index contributed by atoms with van der Waals surface area (Å²) in [7, 11) is 4.02. The van der Waals surface area contributed by atoms with Crippen molar-refractivity contribution in [3.8, 4) is 0 Å². The van der Waals surface area contributed by atoms with Crippen LogP contribution in [0.5, 0.6) is 0 Å². The minimum Gasteiger partial charge on any atom is -0.368 e. The predicted molar refractivity (Wildman–Crippen MR) is 178 cm³/mol. The second-order valence-corrected chi connectivity index (χ2v) is 12.5. The van der Waals surface area contributed by atoms with E-state index in [1.54, 1.807) is 22.7 Å². The number of H-pyrrole nitrogens is 1. The maximum atomic E-state index is 14.1. The van der Waals surface area contributed by atoms with Gasteiger partial charge >= 0.3 is 6.03 Å². The van der Waals surface area contributed by atoms with E-state index in [0.29, 0.717) is 26.2 Å². The number of anilines is 2. The number of nitrogens with zero attached hydrogens (tertiary/aromatic N) is 3. The molecule has 0 spiro atoms. The topological polar surface area (TPSA) is 83.7 Å². The number of rotatable bonds is 9. The normalized spacial score (nSPS) is 15.0. The number of aryl methyl sites for hydroxylation is 1. The minimum absolute atomic E-state index is 0.257. The van der Waals surface area contributed by atoms with Crippen LogP contribution in [0.4, 0.5) is 20.6 Å². The molecule has 232 valence electrons. The van der Waals surface area contributed by atoms with Crippen LogP contribution in [0.1, 0.15) is 29.5 Å². The summed E-state index contributed by atoms with van der Waals surface area (Å²) in [6.07, 6.45) is 3.91. The molecule has 0 radical (unpaired) electrons. The molecule has 44 heavy (non-hydrogen) atoms. The van der Waals surface area contributed by atoms with Crippen LogP contribution in [0.2, 0.25) is 0 Å². The third-order valence-corrected chi connectivity index (χ3v) is 9.06. The van der Waals surface area contributed by atoms with Crippen LogP contribution in [0.15, 0.2) is 71.8 Å². The van der Waals surface area contributed by atoms with Crippen molar-refractivity contribution in [2.45, 2.75) is 37.2 Å². The van der Waals surface area contributed by atoms with Crippen LogP contribution < -0.4 is 15.5 Å². The number of urea groups is 1. The van der Waals surface area contributed by atoms with Gasteiger partial charge in [0, 0.05) is 66.3 Å². The molecule has 0 aliphatic carbocycles. The number of thioether (sulfide) groups is 1. The highest BCUT2D eigenvalue weighted by molar-refractivity contribution is 7.98. The number of nitrogens with one attached hydrogen (secondary N) is 3. The van der Waals surface area contributed by atoms with E-state index in [0.717, 1.165) is 50.4 Å². The number of aromatic amines is 1. The summed E-state index contributed by atoms with van der Waals surface area (Å²) in [6.45, 7) is 6.82. The maximum absolute atomic E-state index is 14.1. The lowest BCUT2D eigenvalue weighted by Crippen LogP contribution is -2.56. The van der Waals surface area contributed by atoms with E-state index in [9.17, 15) is 14.0 Å². The van der Waals surface area contributed by atoms with Gasteiger partial charge in [-0.15, -0.1) is 11.8 Å². The highest BCUT2D eigenvalue weighted by Crippen LogP contribution is 2.31. The van der Waals surface area contributed by atoms with Crippen molar-refractivity contribution in [3.05, 3.63) is 89.4 Å². The summed E-state index contributed by atoms with van der Waals surface area (Å²) >= 11 is 1.57. The average molecular weight is 617 g/mol. The van der Waals surface area contributed by atoms with E-state index in [1.807, 2.05) is 76.8 Å². The van der Waals surface area contributed by atoms with Gasteiger partial charge < -0.3 is 30.3 Å². The summed E-state index contributed by atoms with van der Waals surface area (Å²) < 4.78 is 13.7. The molecule has 3 aromatic carbocycles. The van der Waals surface area contributed by atoms with E-state index >= 15 is 0 Å². The molecule has 2 unspecified atom stereocenters. The number of piperazine rings is 1. The Hall–Kier alpha value is -4.02. The molecule has 2 heterocycles. The molecule has 1 aliphatic rings. The van der Waals surface area contributed by atoms with Crippen molar-refractivity contribution < 1.29 is 14.0 Å². The SMILES string of the molecule is CSc1ccc(CN(C)C)cc1NC(=O)C(NC(=O)N1CCN(c2ccc(F)cc2C)CC1)C(C)c1c[nH]c2ccccc12. The highest BCUT2D eigenvalue weighted by atomic mass is 32.2. The van der Waals surface area contributed by atoms with E-state index in [1.165, 1.54) is 12.1 Å². The minimum atomic E-state index is -0.828. The van der Waals surface area contributed by atoms with Gasteiger partial charge in [0.25, 0.3) is 0 Å². The fourth-order valence-electron chi connectivity index (χ4n) is 5.94. The second-order valence-electron chi connectivity index (χ2n) is 11.7. The van der Waals surface area contributed by atoms with E-state index in [-0.39, 0.29) is 23.7 Å². The molecule has 0 saturated carbocycles. The van der Waals surface area contributed by atoms with E-state index < -0.39 is 6.04 Å². The molecule has 3 N–H and O–H groups in total. The molecule has 1 aliphatic heterocycles. The lowest BCUT2D eigenvalue weighted by atomic mass is 9.92. The fraction of sp³-hybridized carbons (Fsp3) is 0.353. The average Bonchev–Trinajstić information content (AvgIpc) is 3.44. The lowest BCUT2D eigenvalue weighted by molar-refractivity contribution is -0.118. The second kappa shape index (κ2) is 13.7. The molecule has 2 atom stereocenters. The number of halogens is 1. The summed E-state index contributed by atoms with van der Waals surface area (Å²) in [5, 5.41) is 7.27. The van der Waals surface area contributed by atoms with Crippen molar-refractivity contribution in [1.29, 1.82) is 0 Å². The van der Waals surface area contributed by atoms with Crippen LogP contribution in [-0.2, 0) is 11.3 Å². The van der Waals surface area contributed by atoms with Crippen LogP contribution in [-0.4, -0.2) is 79.3 Å². The molecule has 1 saturated heterocycles. The Morgan fingerprint density at radius 3 is 2.50 bits per heavy atom. The van der Waals surface area contributed by atoms with Crippen LogP contribution in [0, 0.1) is 12.7 Å². The number of aromatic nitrogens is 1. The molecule has 1 fully saturated rings. The zero-order valence-corrected chi connectivity index (χ0v) is 26.8. The molecule has 10 heteroatoms. The maximum Gasteiger partial charge on any atom is 0.318 e. The predicted octanol–water partition coefficient (Wildman–Crippen LogP) is 6.04. The first-order valence-corrected chi connectivity index (χ1v) is 16.1. The van der Waals surface area contributed by atoms with Crippen LogP contribution >= 0.6 is 11.8 Å². The van der Waals surface area contributed by atoms with Crippen molar-refractivity contribution in [2.24, 2.45) is 0 Å². The Morgan fingerprint density at radius 1 is 1.05 bits per heavy atom. The number of benzene rings is 3. The summed E-state index contributed by atoms with van der Waals surface area (Å²) in [4.78, 5) is 38.1. The number of amides is 3. The summed E-state index contributed by atoms with van der Waals surface area (Å²) in [5.74, 6) is -0.845. The van der Waals surface area contributed by atoms with E-state index in [4.69, 9.17) is 0 Å². The van der Waals surface area contributed by atoms with Gasteiger partial charge in [-0.25, -0.2) is 9.18 Å². The molecule has 4 aromatic rings. The standard InChI is InChI=1S/C34H41FN6O2S/c1-22-18-25(35)11-12-30(22)40-14-16-41(17-15-40)34(43)38-32(23(2)27-20-36-28-9-7-6-8-26(27)28)33(42)37-29-19-24(21-39(3)4)10-13-31(29)44-5/h6-13,18-20,23,32,36H,14-17,21H2,1-5H3,(H,37,42)(H,38,43). The van der Waals surface area contributed by atoms with Gasteiger partial charge in [0.1, 0.15) is 11.9 Å². The highest BCUT2D eigenvalue weighted by Gasteiger charge is 2.32. The van der Waals surface area contributed by atoms with Crippen molar-refractivity contribution in [1.82, 2.24) is 20.1 Å². The first-order valence-electron chi connectivity index (χ1n) is 14.9. The molecule has 8 nitrogen and oxygen atoms in total. The molecule has 3 amide bonds. The number of carbonyl (C=O) groups excluding carboxylic acids is 2. The van der Waals surface area contributed by atoms with Gasteiger partial charge in [0.15, 0.2) is 0 Å². The van der Waals surface area contributed by atoms with Crippen molar-refractivity contribution >= 4 is 46.0 Å². The Bertz CT molecular complexity index is 1630. The monoisotopic (exact) mass is 616 g/mol. The van der Waals surface area contributed by atoms with Gasteiger partial charge in [0.05, 0.1) is 5.69 Å². The zero-order chi connectivity index (χ0) is 31.4. The number of hydrogen-bond acceptors (Lipinski definition) is 5. The lowest BCUT2D eigenvalue weighted by Gasteiger charge is -2.37. The first-order chi connectivity index (χ1) is 21.1. The van der Waals surface area contributed by atoms with Gasteiger partial charge in [0.2, 0.25) is 5.91 Å². The van der Waals surface area contributed by atoms with Crippen molar-refractivity contribution in [3.63, 3.8) is 0 Å².